The molecule has 0 heterocycles. The summed E-state index contributed by atoms with van der Waals surface area (Å²) in [7, 11) is 0. The summed E-state index contributed by atoms with van der Waals surface area (Å²) in [5.41, 5.74) is 3.57. The highest BCUT2D eigenvalue weighted by Crippen LogP contribution is 2.25. The topological polar surface area (TPSA) is 81.7 Å². The molecule has 6 nitrogen and oxygen atoms in total. The van der Waals surface area contributed by atoms with E-state index in [2.05, 4.69) is 29.4 Å². The maximum absolute atomic E-state index is 12.2. The summed E-state index contributed by atoms with van der Waals surface area (Å²) in [5, 5.41) is 14.9. The summed E-state index contributed by atoms with van der Waals surface area (Å²) < 4.78 is 0. The van der Waals surface area contributed by atoms with Gasteiger partial charge in [0.15, 0.2) is 0 Å². The molecule has 0 bridgehead atoms. The standard InChI is InChI=1S/C20H25N3O3/c1-5-23(6-2)15-8-10-16(14(4)12-15)21-19(25)20(26)22-17-9-7-13(3)11-18(17)24/h7-12,24H,5-6H2,1-4H3,(H,21,25)(H,22,26). The minimum Gasteiger partial charge on any atom is -0.506 e. The van der Waals surface area contributed by atoms with Crippen LogP contribution in [0.25, 0.3) is 0 Å². The largest absolute Gasteiger partial charge is 0.506 e. The molecule has 2 aromatic carbocycles. The lowest BCUT2D eigenvalue weighted by atomic mass is 10.1. The molecule has 0 aliphatic carbocycles. The Hall–Kier alpha value is -3.02. The van der Waals surface area contributed by atoms with E-state index in [1.807, 2.05) is 26.0 Å². The van der Waals surface area contributed by atoms with Gasteiger partial charge in [-0.15, -0.1) is 0 Å². The fourth-order valence-electron chi connectivity index (χ4n) is 2.68. The molecule has 3 N–H and O–H groups in total. The highest BCUT2D eigenvalue weighted by Gasteiger charge is 2.17. The number of aromatic hydroxyl groups is 1. The van der Waals surface area contributed by atoms with Crippen molar-refractivity contribution in [3.8, 4) is 5.75 Å². The van der Waals surface area contributed by atoms with E-state index in [0.29, 0.717) is 5.69 Å². The van der Waals surface area contributed by atoms with Crippen molar-refractivity contribution < 1.29 is 14.7 Å². The molecule has 2 aromatic rings. The highest BCUT2D eigenvalue weighted by molar-refractivity contribution is 6.43. The lowest BCUT2D eigenvalue weighted by molar-refractivity contribution is -0.133. The Labute approximate surface area is 153 Å². The monoisotopic (exact) mass is 355 g/mol. The molecule has 0 unspecified atom stereocenters. The van der Waals surface area contributed by atoms with Crippen LogP contribution in [0.5, 0.6) is 5.75 Å². The average Bonchev–Trinajstić information content (AvgIpc) is 2.60. The third-order valence-corrected chi connectivity index (χ3v) is 4.19. The van der Waals surface area contributed by atoms with Crippen molar-refractivity contribution in [2.45, 2.75) is 27.7 Å². The normalized spacial score (nSPS) is 10.3. The van der Waals surface area contributed by atoms with Crippen molar-refractivity contribution in [3.05, 3.63) is 47.5 Å². The second kappa shape index (κ2) is 8.38. The van der Waals surface area contributed by atoms with Gasteiger partial charge in [-0.05, 0) is 69.2 Å². The Balaban J connectivity index is 2.08. The molecule has 0 spiro atoms. The van der Waals surface area contributed by atoms with Crippen LogP contribution in [0.3, 0.4) is 0 Å². The van der Waals surface area contributed by atoms with E-state index in [1.165, 1.54) is 6.07 Å². The molecular formula is C20H25N3O3. The average molecular weight is 355 g/mol. The van der Waals surface area contributed by atoms with Gasteiger partial charge >= 0.3 is 11.8 Å². The number of carbonyl (C=O) groups excluding carboxylic acids is 2. The summed E-state index contributed by atoms with van der Waals surface area (Å²) in [6.07, 6.45) is 0. The number of amides is 2. The first-order chi connectivity index (χ1) is 12.3. The molecule has 2 amide bonds. The predicted octanol–water partition coefficient (Wildman–Crippen LogP) is 3.43. The van der Waals surface area contributed by atoms with Crippen LogP contribution in [-0.4, -0.2) is 30.0 Å². The quantitative estimate of drug-likeness (QED) is 0.567. The third kappa shape index (κ3) is 4.53. The van der Waals surface area contributed by atoms with E-state index in [0.717, 1.165) is 29.9 Å². The number of aryl methyl sites for hydroxylation is 2. The van der Waals surface area contributed by atoms with Gasteiger partial charge in [-0.1, -0.05) is 6.07 Å². The van der Waals surface area contributed by atoms with Crippen LogP contribution in [0.1, 0.15) is 25.0 Å². The summed E-state index contributed by atoms with van der Waals surface area (Å²) in [5.74, 6) is -1.70. The molecule has 0 radical (unpaired) electrons. The van der Waals surface area contributed by atoms with Gasteiger partial charge in [0.25, 0.3) is 0 Å². The van der Waals surface area contributed by atoms with Gasteiger partial charge in [-0.25, -0.2) is 0 Å². The molecule has 138 valence electrons. The van der Waals surface area contributed by atoms with E-state index < -0.39 is 11.8 Å². The molecule has 0 aliphatic rings. The van der Waals surface area contributed by atoms with Crippen molar-refractivity contribution in [1.29, 1.82) is 0 Å². The number of benzene rings is 2. The van der Waals surface area contributed by atoms with Crippen molar-refractivity contribution >= 4 is 28.9 Å². The van der Waals surface area contributed by atoms with Gasteiger partial charge < -0.3 is 20.6 Å². The molecule has 0 saturated heterocycles. The zero-order chi connectivity index (χ0) is 19.3. The van der Waals surface area contributed by atoms with Gasteiger partial charge in [-0.2, -0.15) is 0 Å². The Morgan fingerprint density at radius 1 is 0.923 bits per heavy atom. The zero-order valence-electron chi connectivity index (χ0n) is 15.6. The maximum Gasteiger partial charge on any atom is 0.314 e. The molecule has 0 fully saturated rings. The number of phenols is 1. The molecule has 6 heteroatoms. The smallest absolute Gasteiger partial charge is 0.314 e. The van der Waals surface area contributed by atoms with E-state index >= 15 is 0 Å². The summed E-state index contributed by atoms with van der Waals surface area (Å²) in [6, 6.07) is 10.5. The number of anilines is 3. The predicted molar refractivity (Wildman–Crippen MR) is 105 cm³/mol. The van der Waals surface area contributed by atoms with Crippen LogP contribution >= 0.6 is 0 Å². The van der Waals surface area contributed by atoms with Gasteiger partial charge in [0.2, 0.25) is 0 Å². The molecular weight excluding hydrogens is 330 g/mol. The number of phenolic OH excluding ortho intramolecular Hbond substituents is 1. The van der Waals surface area contributed by atoms with E-state index in [1.54, 1.807) is 18.2 Å². The Morgan fingerprint density at radius 3 is 2.04 bits per heavy atom. The second-order valence-corrected chi connectivity index (χ2v) is 6.10. The fourth-order valence-corrected chi connectivity index (χ4v) is 2.68. The molecule has 2 rings (SSSR count). The van der Waals surface area contributed by atoms with Gasteiger partial charge in [0.05, 0.1) is 5.69 Å². The Bertz CT molecular complexity index is 814. The molecule has 0 aromatic heterocycles. The van der Waals surface area contributed by atoms with Crippen molar-refractivity contribution in [1.82, 2.24) is 0 Å². The number of nitrogens with one attached hydrogen (secondary N) is 2. The Morgan fingerprint density at radius 2 is 1.50 bits per heavy atom. The summed E-state index contributed by atoms with van der Waals surface area (Å²) in [4.78, 5) is 26.5. The maximum atomic E-state index is 12.2. The van der Waals surface area contributed by atoms with Gasteiger partial charge in [-0.3, -0.25) is 9.59 Å². The van der Waals surface area contributed by atoms with Crippen LogP contribution < -0.4 is 15.5 Å². The Kier molecular flexibility index (Phi) is 6.22. The first-order valence-electron chi connectivity index (χ1n) is 8.63. The van der Waals surface area contributed by atoms with Crippen molar-refractivity contribution in [2.75, 3.05) is 28.6 Å². The fraction of sp³-hybridized carbons (Fsp3) is 0.300. The van der Waals surface area contributed by atoms with Crippen molar-refractivity contribution in [3.63, 3.8) is 0 Å². The minimum absolute atomic E-state index is 0.0779. The first-order valence-corrected chi connectivity index (χ1v) is 8.63. The molecule has 0 atom stereocenters. The van der Waals surface area contributed by atoms with Crippen LogP contribution in [0, 0.1) is 13.8 Å². The number of hydrogen-bond acceptors (Lipinski definition) is 4. The minimum atomic E-state index is -0.837. The number of nitrogens with zero attached hydrogens (tertiary/aromatic N) is 1. The van der Waals surface area contributed by atoms with Crippen molar-refractivity contribution in [2.24, 2.45) is 0 Å². The van der Waals surface area contributed by atoms with Crippen LogP contribution in [0.2, 0.25) is 0 Å². The van der Waals surface area contributed by atoms with Crippen LogP contribution in [-0.2, 0) is 9.59 Å². The second-order valence-electron chi connectivity index (χ2n) is 6.10. The first kappa shape index (κ1) is 19.3. The summed E-state index contributed by atoms with van der Waals surface area (Å²) >= 11 is 0. The SMILES string of the molecule is CCN(CC)c1ccc(NC(=O)C(=O)Nc2ccc(C)cc2O)c(C)c1. The number of hydrogen-bond donors (Lipinski definition) is 3. The molecule has 26 heavy (non-hydrogen) atoms. The van der Waals surface area contributed by atoms with Gasteiger partial charge in [0, 0.05) is 24.5 Å². The summed E-state index contributed by atoms with van der Waals surface area (Å²) in [6.45, 7) is 9.65. The molecule has 0 saturated carbocycles. The number of carbonyl (C=O) groups is 2. The molecule has 0 aliphatic heterocycles. The van der Waals surface area contributed by atoms with E-state index in [4.69, 9.17) is 0 Å². The van der Waals surface area contributed by atoms with Gasteiger partial charge in [0.1, 0.15) is 5.75 Å². The lowest BCUT2D eigenvalue weighted by Crippen LogP contribution is -2.29. The van der Waals surface area contributed by atoms with Crippen LogP contribution in [0.15, 0.2) is 36.4 Å². The zero-order valence-corrected chi connectivity index (χ0v) is 15.6. The number of rotatable bonds is 5. The van der Waals surface area contributed by atoms with E-state index in [9.17, 15) is 14.7 Å². The van der Waals surface area contributed by atoms with E-state index in [-0.39, 0.29) is 11.4 Å². The lowest BCUT2D eigenvalue weighted by Gasteiger charge is -2.22. The highest BCUT2D eigenvalue weighted by atomic mass is 16.3. The van der Waals surface area contributed by atoms with Crippen LogP contribution in [0.4, 0.5) is 17.1 Å². The third-order valence-electron chi connectivity index (χ3n) is 4.19.